The van der Waals surface area contributed by atoms with Crippen LogP contribution in [0.5, 0.6) is 5.75 Å². The fourth-order valence-electron chi connectivity index (χ4n) is 3.11. The molecule has 4 rings (SSSR count). The largest absolute Gasteiger partial charge is 0.497 e. The molecule has 0 aliphatic carbocycles. The molecule has 1 heterocycles. The van der Waals surface area contributed by atoms with E-state index >= 15 is 0 Å². The van der Waals surface area contributed by atoms with Gasteiger partial charge in [-0.25, -0.2) is 0 Å². The van der Waals surface area contributed by atoms with Crippen molar-refractivity contribution in [3.63, 3.8) is 0 Å². The zero-order valence-electron chi connectivity index (χ0n) is 16.1. The van der Waals surface area contributed by atoms with E-state index in [1.165, 1.54) is 0 Å². The Morgan fingerprint density at radius 3 is 2.24 bits per heavy atom. The van der Waals surface area contributed by atoms with Crippen LogP contribution >= 0.6 is 0 Å². The maximum Gasteiger partial charge on any atom is 0.118 e. The Morgan fingerprint density at radius 2 is 1.55 bits per heavy atom. The van der Waals surface area contributed by atoms with Crippen LogP contribution in [-0.4, -0.2) is 12.1 Å². The quantitative estimate of drug-likeness (QED) is 0.449. The maximum atomic E-state index is 5.21. The highest BCUT2D eigenvalue weighted by Gasteiger charge is 2.03. The van der Waals surface area contributed by atoms with Gasteiger partial charge in [-0.3, -0.25) is 4.98 Å². The minimum absolute atomic E-state index is 0.684. The number of nitrogens with zero attached hydrogens (tertiary/aromatic N) is 1. The molecule has 0 amide bonds. The first-order valence-corrected chi connectivity index (χ1v) is 9.39. The van der Waals surface area contributed by atoms with Gasteiger partial charge in [-0.2, -0.15) is 0 Å². The molecule has 4 aromatic rings. The third-order valence-electron chi connectivity index (χ3n) is 4.58. The van der Waals surface area contributed by atoms with Crippen LogP contribution < -0.4 is 4.74 Å². The number of pyridine rings is 1. The summed E-state index contributed by atoms with van der Waals surface area (Å²) in [7, 11) is 1.67. The summed E-state index contributed by atoms with van der Waals surface area (Å²) >= 11 is 0. The number of benzene rings is 3. The highest BCUT2D eigenvalue weighted by atomic mass is 16.5. The molecule has 2 nitrogen and oxygen atoms in total. The summed E-state index contributed by atoms with van der Waals surface area (Å²) < 4.78 is 5.21. The zero-order chi connectivity index (χ0) is 19.9. The van der Waals surface area contributed by atoms with E-state index in [1.54, 1.807) is 19.5 Å². The van der Waals surface area contributed by atoms with E-state index in [-0.39, 0.29) is 0 Å². The van der Waals surface area contributed by atoms with Crippen LogP contribution in [0.4, 0.5) is 0 Å². The molecule has 1 aromatic heterocycles. The second kappa shape index (κ2) is 8.79. The van der Waals surface area contributed by atoms with Crippen molar-refractivity contribution in [3.05, 3.63) is 107 Å². The van der Waals surface area contributed by atoms with Gasteiger partial charge in [0.25, 0.3) is 0 Å². The van der Waals surface area contributed by atoms with Crippen LogP contribution in [0.15, 0.2) is 85.2 Å². The SMILES string of the molecule is COc1ccc(CC#Cc2cccc3cccc(C#Cc4cccnc4)c23)cc1. The van der Waals surface area contributed by atoms with E-state index in [9.17, 15) is 0 Å². The molecule has 2 heteroatoms. The van der Waals surface area contributed by atoms with Crippen LogP contribution in [0.25, 0.3) is 10.8 Å². The molecule has 0 spiro atoms. The van der Waals surface area contributed by atoms with Crippen molar-refractivity contribution >= 4 is 10.8 Å². The Balaban J connectivity index is 1.67. The van der Waals surface area contributed by atoms with Gasteiger partial charge >= 0.3 is 0 Å². The Kier molecular flexibility index (Phi) is 5.56. The maximum absolute atomic E-state index is 5.21. The van der Waals surface area contributed by atoms with Crippen LogP contribution in [0.2, 0.25) is 0 Å². The summed E-state index contributed by atoms with van der Waals surface area (Å²) in [6.07, 6.45) is 4.21. The Labute approximate surface area is 171 Å². The molecule has 0 saturated heterocycles. The van der Waals surface area contributed by atoms with E-state index in [0.29, 0.717) is 6.42 Å². The molecular weight excluding hydrogens is 354 g/mol. The van der Waals surface area contributed by atoms with Crippen molar-refractivity contribution < 1.29 is 4.74 Å². The average molecular weight is 373 g/mol. The van der Waals surface area contributed by atoms with Crippen LogP contribution in [-0.2, 0) is 6.42 Å². The molecule has 0 bridgehead atoms. The van der Waals surface area contributed by atoms with Crippen molar-refractivity contribution in [2.45, 2.75) is 6.42 Å². The van der Waals surface area contributed by atoms with Crippen molar-refractivity contribution in [2.75, 3.05) is 7.11 Å². The lowest BCUT2D eigenvalue weighted by molar-refractivity contribution is 0.414. The molecular formula is C27H19NO. The fourth-order valence-corrected chi connectivity index (χ4v) is 3.11. The number of rotatable bonds is 2. The normalized spacial score (nSPS) is 9.83. The van der Waals surface area contributed by atoms with Crippen LogP contribution in [0, 0.1) is 23.7 Å². The molecule has 0 saturated carbocycles. The average Bonchev–Trinajstić information content (AvgIpc) is 2.79. The lowest BCUT2D eigenvalue weighted by Gasteiger charge is -2.04. The topological polar surface area (TPSA) is 22.1 Å². The first kappa shape index (κ1) is 18.4. The van der Waals surface area contributed by atoms with E-state index in [0.717, 1.165) is 38.8 Å². The molecule has 3 aromatic carbocycles. The Hall–Kier alpha value is -4.01. The first-order valence-electron chi connectivity index (χ1n) is 9.39. The first-order chi connectivity index (χ1) is 14.3. The van der Waals surface area contributed by atoms with E-state index in [1.807, 2.05) is 54.6 Å². The molecule has 0 aliphatic rings. The number of methoxy groups -OCH3 is 1. The highest BCUT2D eigenvalue weighted by Crippen LogP contribution is 2.22. The lowest BCUT2D eigenvalue weighted by atomic mass is 9.99. The lowest BCUT2D eigenvalue weighted by Crippen LogP contribution is -1.87. The highest BCUT2D eigenvalue weighted by molar-refractivity contribution is 5.93. The summed E-state index contributed by atoms with van der Waals surface area (Å²) in [6.45, 7) is 0. The van der Waals surface area contributed by atoms with Crippen molar-refractivity contribution in [1.82, 2.24) is 4.98 Å². The predicted octanol–water partition coefficient (Wildman–Crippen LogP) is 5.24. The summed E-state index contributed by atoms with van der Waals surface area (Å²) in [5.74, 6) is 14.0. The van der Waals surface area contributed by atoms with Crippen LogP contribution in [0.1, 0.15) is 22.3 Å². The number of hydrogen-bond donors (Lipinski definition) is 0. The van der Waals surface area contributed by atoms with Crippen molar-refractivity contribution in [2.24, 2.45) is 0 Å². The molecule has 0 atom stereocenters. The van der Waals surface area contributed by atoms with Crippen LogP contribution in [0.3, 0.4) is 0 Å². The van der Waals surface area contributed by atoms with Gasteiger partial charge in [0, 0.05) is 40.9 Å². The molecule has 29 heavy (non-hydrogen) atoms. The van der Waals surface area contributed by atoms with E-state index in [4.69, 9.17) is 4.74 Å². The molecule has 138 valence electrons. The van der Waals surface area contributed by atoms with Gasteiger partial charge in [-0.15, -0.1) is 0 Å². The zero-order valence-corrected chi connectivity index (χ0v) is 16.1. The van der Waals surface area contributed by atoms with Gasteiger partial charge in [0.05, 0.1) is 7.11 Å². The third kappa shape index (κ3) is 4.46. The summed E-state index contributed by atoms with van der Waals surface area (Å²) in [5, 5.41) is 2.23. The van der Waals surface area contributed by atoms with E-state index in [2.05, 4.69) is 46.9 Å². The standard InChI is InChI=1S/C27H19NO/c1-29-26-17-14-21(15-18-26)6-2-8-23-9-3-10-24-11-4-12-25(27(23)24)16-13-22-7-5-19-28-20-22/h3-5,7,9-12,14-15,17-20H,6H2,1H3. The fraction of sp³-hybridized carbons (Fsp3) is 0.0741. The molecule has 0 radical (unpaired) electrons. The minimum Gasteiger partial charge on any atom is -0.497 e. The minimum atomic E-state index is 0.684. The third-order valence-corrected chi connectivity index (χ3v) is 4.58. The molecule has 0 N–H and O–H groups in total. The summed E-state index contributed by atoms with van der Waals surface area (Å²) in [4.78, 5) is 4.12. The van der Waals surface area contributed by atoms with Gasteiger partial charge in [0.1, 0.15) is 5.75 Å². The molecule has 0 unspecified atom stereocenters. The summed E-state index contributed by atoms with van der Waals surface area (Å²) in [5.41, 5.74) is 4.02. The number of hydrogen-bond acceptors (Lipinski definition) is 2. The van der Waals surface area contributed by atoms with Gasteiger partial charge in [0.15, 0.2) is 0 Å². The number of fused-ring (bicyclic) bond motifs is 1. The molecule has 0 fully saturated rings. The Morgan fingerprint density at radius 1 is 0.793 bits per heavy atom. The molecule has 0 aliphatic heterocycles. The van der Waals surface area contributed by atoms with Gasteiger partial charge < -0.3 is 4.74 Å². The van der Waals surface area contributed by atoms with Gasteiger partial charge in [-0.1, -0.05) is 60.1 Å². The summed E-state index contributed by atoms with van der Waals surface area (Å²) in [6, 6.07) is 24.2. The second-order valence-electron chi connectivity index (χ2n) is 6.53. The van der Waals surface area contributed by atoms with Crippen molar-refractivity contribution in [1.29, 1.82) is 0 Å². The second-order valence-corrected chi connectivity index (χ2v) is 6.53. The van der Waals surface area contributed by atoms with Gasteiger partial charge in [0.2, 0.25) is 0 Å². The Bertz CT molecular complexity index is 1250. The monoisotopic (exact) mass is 373 g/mol. The predicted molar refractivity (Wildman–Crippen MR) is 118 cm³/mol. The number of ether oxygens (including phenoxy) is 1. The van der Waals surface area contributed by atoms with E-state index < -0.39 is 0 Å². The van der Waals surface area contributed by atoms with Crippen molar-refractivity contribution in [3.8, 4) is 29.4 Å². The van der Waals surface area contributed by atoms with Gasteiger partial charge in [-0.05, 0) is 47.3 Å². The smallest absolute Gasteiger partial charge is 0.118 e. The number of aromatic nitrogens is 1.